The molecule has 0 spiro atoms. The maximum absolute atomic E-state index is 8.09. The van der Waals surface area contributed by atoms with Crippen LogP contribution >= 0.6 is 0 Å². The summed E-state index contributed by atoms with van der Waals surface area (Å²) in [4.78, 5) is 4.09. The molecule has 0 saturated heterocycles. The molecular formula is C14H26O4. The normalized spacial score (nSPS) is 10.1. The summed E-state index contributed by atoms with van der Waals surface area (Å²) >= 11 is 0. The fourth-order valence-corrected chi connectivity index (χ4v) is 0.902. The Morgan fingerprint density at radius 3 is 1.72 bits per heavy atom. The lowest BCUT2D eigenvalue weighted by atomic mass is 10.0. The monoisotopic (exact) mass is 258 g/mol. The molecule has 3 N–H and O–H groups in total. The predicted octanol–water partition coefficient (Wildman–Crippen LogP) is 4.49. The summed E-state index contributed by atoms with van der Waals surface area (Å²) in [6, 6.07) is 10.5. The van der Waals surface area contributed by atoms with Gasteiger partial charge in [-0.3, -0.25) is 15.8 Å². The molecule has 0 unspecified atom stereocenters. The van der Waals surface area contributed by atoms with Crippen molar-refractivity contribution in [2.75, 3.05) is 0 Å². The van der Waals surface area contributed by atoms with Gasteiger partial charge in [-0.25, -0.2) is 4.89 Å². The van der Waals surface area contributed by atoms with Gasteiger partial charge in [0.05, 0.1) is 5.60 Å². The van der Waals surface area contributed by atoms with Gasteiger partial charge in [-0.2, -0.15) is 0 Å². The van der Waals surface area contributed by atoms with Gasteiger partial charge in [-0.15, -0.1) is 0 Å². The molecule has 18 heavy (non-hydrogen) atoms. The Kier molecular flexibility index (Phi) is 12.0. The van der Waals surface area contributed by atoms with E-state index in [1.807, 2.05) is 26.8 Å². The highest BCUT2D eigenvalue weighted by Crippen LogP contribution is 2.11. The summed E-state index contributed by atoms with van der Waals surface area (Å²) in [6.45, 7) is 10.0. The van der Waals surface area contributed by atoms with E-state index in [0.717, 1.165) is 6.42 Å². The number of rotatable bonds is 3. The van der Waals surface area contributed by atoms with E-state index in [0.29, 0.717) is 5.92 Å². The summed E-state index contributed by atoms with van der Waals surface area (Å²) in [5.74, 6) is 0.659. The van der Waals surface area contributed by atoms with E-state index in [-0.39, 0.29) is 5.60 Å². The second kappa shape index (κ2) is 11.2. The minimum atomic E-state index is -0.361. The first kappa shape index (κ1) is 19.4. The van der Waals surface area contributed by atoms with Crippen molar-refractivity contribution < 1.29 is 20.7 Å². The second-order valence-corrected chi connectivity index (χ2v) is 4.77. The lowest BCUT2D eigenvalue weighted by molar-refractivity contribution is -0.313. The maximum Gasteiger partial charge on any atom is 0.0974 e. The Morgan fingerprint density at radius 1 is 1.11 bits per heavy atom. The number of benzene rings is 1. The smallest absolute Gasteiger partial charge is 0.0974 e. The molecule has 1 rings (SSSR count). The van der Waals surface area contributed by atoms with Crippen molar-refractivity contribution in [2.45, 2.75) is 52.6 Å². The molecule has 1 aromatic carbocycles. The van der Waals surface area contributed by atoms with Crippen LogP contribution in [0.15, 0.2) is 30.3 Å². The van der Waals surface area contributed by atoms with Gasteiger partial charge in [0.1, 0.15) is 0 Å². The zero-order chi connectivity index (χ0) is 14.6. The topological polar surface area (TPSA) is 69.9 Å². The molecule has 0 aliphatic heterocycles. The Bertz CT molecular complexity index is 264. The minimum absolute atomic E-state index is 0.361. The summed E-state index contributed by atoms with van der Waals surface area (Å²) in [5, 5.41) is 20.1. The third-order valence-corrected chi connectivity index (χ3v) is 2.56. The van der Waals surface area contributed by atoms with Crippen LogP contribution in [-0.4, -0.2) is 21.4 Å². The SMILES string of the molecule is CC(C)c1ccccc1.CCC(C)(C)OO.OO. The molecule has 4 heteroatoms. The van der Waals surface area contributed by atoms with Crippen LogP contribution in [0.5, 0.6) is 0 Å². The molecule has 106 valence electrons. The van der Waals surface area contributed by atoms with Crippen molar-refractivity contribution >= 4 is 0 Å². The molecule has 0 saturated carbocycles. The molecule has 0 radical (unpaired) electrons. The Morgan fingerprint density at radius 2 is 1.56 bits per heavy atom. The van der Waals surface area contributed by atoms with Crippen molar-refractivity contribution in [1.29, 1.82) is 0 Å². The van der Waals surface area contributed by atoms with E-state index >= 15 is 0 Å². The van der Waals surface area contributed by atoms with Crippen LogP contribution in [0.3, 0.4) is 0 Å². The quantitative estimate of drug-likeness (QED) is 0.551. The van der Waals surface area contributed by atoms with E-state index in [2.05, 4.69) is 43.0 Å². The Labute approximate surface area is 110 Å². The average molecular weight is 258 g/mol. The lowest BCUT2D eigenvalue weighted by Gasteiger charge is -2.16. The largest absolute Gasteiger partial charge is 0.255 e. The number of hydrogen-bond acceptors (Lipinski definition) is 4. The molecule has 0 amide bonds. The molecule has 0 aliphatic carbocycles. The van der Waals surface area contributed by atoms with Crippen LogP contribution in [0.1, 0.15) is 52.5 Å². The summed E-state index contributed by atoms with van der Waals surface area (Å²) in [6.07, 6.45) is 0.823. The van der Waals surface area contributed by atoms with Crippen LogP contribution in [0.2, 0.25) is 0 Å². The standard InChI is InChI=1S/C9H12.C5H12O2.H2O2/c1-8(2)9-6-4-3-5-7-9;1-4-5(2,3)7-6;1-2/h3-8H,1-2H3;6H,4H2,1-3H3;1-2H. The molecule has 0 aromatic heterocycles. The van der Waals surface area contributed by atoms with Crippen LogP contribution in [-0.2, 0) is 4.89 Å². The maximum atomic E-state index is 8.09. The molecule has 0 atom stereocenters. The van der Waals surface area contributed by atoms with Gasteiger partial charge in [0.15, 0.2) is 0 Å². The van der Waals surface area contributed by atoms with Gasteiger partial charge in [0, 0.05) is 0 Å². The molecule has 0 fully saturated rings. The summed E-state index contributed by atoms with van der Waals surface area (Å²) < 4.78 is 0. The molecule has 0 aliphatic rings. The first-order valence-electron chi connectivity index (χ1n) is 6.00. The van der Waals surface area contributed by atoms with Crippen LogP contribution in [0.25, 0.3) is 0 Å². The lowest BCUT2D eigenvalue weighted by Crippen LogP contribution is -2.20. The van der Waals surface area contributed by atoms with Crippen molar-refractivity contribution in [2.24, 2.45) is 0 Å². The zero-order valence-corrected chi connectivity index (χ0v) is 11.9. The van der Waals surface area contributed by atoms with Crippen molar-refractivity contribution in [3.05, 3.63) is 35.9 Å². The highest BCUT2D eigenvalue weighted by molar-refractivity contribution is 5.17. The van der Waals surface area contributed by atoms with Gasteiger partial charge in [0.25, 0.3) is 0 Å². The molecular weight excluding hydrogens is 232 g/mol. The van der Waals surface area contributed by atoms with Gasteiger partial charge in [-0.1, -0.05) is 51.1 Å². The fraction of sp³-hybridized carbons (Fsp3) is 0.571. The van der Waals surface area contributed by atoms with Crippen molar-refractivity contribution in [1.82, 2.24) is 0 Å². The van der Waals surface area contributed by atoms with Gasteiger partial charge in [-0.05, 0) is 31.7 Å². The molecule has 0 heterocycles. The van der Waals surface area contributed by atoms with Crippen LogP contribution < -0.4 is 0 Å². The fourth-order valence-electron chi connectivity index (χ4n) is 0.902. The predicted molar refractivity (Wildman–Crippen MR) is 73.9 cm³/mol. The van der Waals surface area contributed by atoms with Crippen LogP contribution in [0.4, 0.5) is 0 Å². The Hall–Kier alpha value is -0.940. The highest BCUT2D eigenvalue weighted by Gasteiger charge is 2.13. The third kappa shape index (κ3) is 10.2. The van der Waals surface area contributed by atoms with Crippen LogP contribution in [0, 0.1) is 0 Å². The highest BCUT2D eigenvalue weighted by atomic mass is 17.1. The van der Waals surface area contributed by atoms with E-state index < -0.39 is 0 Å². The first-order chi connectivity index (χ1) is 8.43. The third-order valence-electron chi connectivity index (χ3n) is 2.56. The average Bonchev–Trinajstić information content (AvgIpc) is 2.42. The van der Waals surface area contributed by atoms with Gasteiger partial charge < -0.3 is 0 Å². The minimum Gasteiger partial charge on any atom is -0.255 e. The van der Waals surface area contributed by atoms with Gasteiger partial charge in [0.2, 0.25) is 0 Å². The second-order valence-electron chi connectivity index (χ2n) is 4.77. The summed E-state index contributed by atoms with van der Waals surface area (Å²) in [5.41, 5.74) is 1.05. The van der Waals surface area contributed by atoms with E-state index in [1.165, 1.54) is 5.56 Å². The van der Waals surface area contributed by atoms with Crippen molar-refractivity contribution in [3.8, 4) is 0 Å². The molecule has 0 bridgehead atoms. The Balaban J connectivity index is 0. The number of hydrogen-bond donors (Lipinski definition) is 3. The van der Waals surface area contributed by atoms with E-state index in [4.69, 9.17) is 15.8 Å². The molecule has 4 nitrogen and oxygen atoms in total. The zero-order valence-electron chi connectivity index (χ0n) is 11.9. The summed E-state index contributed by atoms with van der Waals surface area (Å²) in [7, 11) is 0. The van der Waals surface area contributed by atoms with Gasteiger partial charge >= 0.3 is 0 Å². The first-order valence-corrected chi connectivity index (χ1v) is 6.00. The van der Waals surface area contributed by atoms with E-state index in [1.54, 1.807) is 0 Å². The molecule has 1 aromatic rings. The van der Waals surface area contributed by atoms with E-state index in [9.17, 15) is 0 Å². The van der Waals surface area contributed by atoms with Crippen molar-refractivity contribution in [3.63, 3.8) is 0 Å².